The molecule has 3 nitrogen and oxygen atoms in total. The number of hydrogen-bond acceptors (Lipinski definition) is 4. The molecule has 0 saturated carbocycles. The van der Waals surface area contributed by atoms with Crippen molar-refractivity contribution in [1.82, 2.24) is 9.88 Å². The van der Waals surface area contributed by atoms with Gasteiger partial charge in [-0.1, -0.05) is 6.07 Å². The highest BCUT2D eigenvalue weighted by Crippen LogP contribution is 2.12. The summed E-state index contributed by atoms with van der Waals surface area (Å²) in [4.78, 5) is 6.73. The lowest BCUT2D eigenvalue weighted by molar-refractivity contribution is 0.291. The molecular formula is C10H15N3S. The monoisotopic (exact) mass is 209 g/mol. The fraction of sp³-hybridized carbons (Fsp3) is 0.500. The molecular weight excluding hydrogens is 194 g/mol. The van der Waals surface area contributed by atoms with Gasteiger partial charge >= 0.3 is 0 Å². The third-order valence-corrected chi connectivity index (χ3v) is 3.26. The zero-order chi connectivity index (χ0) is 9.80. The lowest BCUT2D eigenvalue weighted by Gasteiger charge is -2.25. The van der Waals surface area contributed by atoms with Crippen LogP contribution < -0.4 is 5.73 Å². The third kappa shape index (κ3) is 2.62. The second-order valence-corrected chi connectivity index (χ2v) is 4.67. The molecule has 14 heavy (non-hydrogen) atoms. The van der Waals surface area contributed by atoms with Crippen LogP contribution in [-0.2, 0) is 6.54 Å². The highest BCUT2D eigenvalue weighted by molar-refractivity contribution is 7.99. The van der Waals surface area contributed by atoms with Gasteiger partial charge in [-0.05, 0) is 12.1 Å². The SMILES string of the molecule is Nc1cccc(CN2CCSCC2)n1. The summed E-state index contributed by atoms with van der Waals surface area (Å²) in [6, 6.07) is 5.84. The van der Waals surface area contributed by atoms with E-state index in [-0.39, 0.29) is 0 Å². The van der Waals surface area contributed by atoms with Gasteiger partial charge in [0.25, 0.3) is 0 Å². The van der Waals surface area contributed by atoms with E-state index in [4.69, 9.17) is 5.73 Å². The maximum atomic E-state index is 5.63. The first kappa shape index (κ1) is 9.80. The normalized spacial score (nSPS) is 18.3. The van der Waals surface area contributed by atoms with E-state index in [9.17, 15) is 0 Å². The summed E-state index contributed by atoms with van der Waals surface area (Å²) in [5, 5.41) is 0. The summed E-state index contributed by atoms with van der Waals surface area (Å²) in [5.74, 6) is 3.10. The molecule has 0 bridgehead atoms. The summed E-state index contributed by atoms with van der Waals surface area (Å²) in [6.07, 6.45) is 0. The second-order valence-electron chi connectivity index (χ2n) is 3.44. The van der Waals surface area contributed by atoms with Gasteiger partial charge in [-0.15, -0.1) is 0 Å². The van der Waals surface area contributed by atoms with Crippen LogP contribution in [0.3, 0.4) is 0 Å². The van der Waals surface area contributed by atoms with Crippen LogP contribution in [-0.4, -0.2) is 34.5 Å². The molecule has 0 unspecified atom stereocenters. The molecule has 1 aromatic heterocycles. The van der Waals surface area contributed by atoms with Crippen molar-refractivity contribution in [1.29, 1.82) is 0 Å². The van der Waals surface area contributed by atoms with Crippen LogP contribution in [0.5, 0.6) is 0 Å². The predicted molar refractivity (Wildman–Crippen MR) is 61.3 cm³/mol. The first-order chi connectivity index (χ1) is 6.84. The van der Waals surface area contributed by atoms with E-state index in [2.05, 4.69) is 9.88 Å². The molecule has 0 aromatic carbocycles. The van der Waals surface area contributed by atoms with Gasteiger partial charge in [0.05, 0.1) is 5.69 Å². The summed E-state index contributed by atoms with van der Waals surface area (Å²) in [5.41, 5.74) is 6.71. The van der Waals surface area contributed by atoms with Crippen LogP contribution in [0, 0.1) is 0 Å². The standard InChI is InChI=1S/C10H15N3S/c11-10-3-1-2-9(12-10)8-13-4-6-14-7-5-13/h1-3H,4-8H2,(H2,11,12). The molecule has 0 atom stereocenters. The van der Waals surface area contributed by atoms with E-state index in [0.717, 1.165) is 12.2 Å². The third-order valence-electron chi connectivity index (χ3n) is 2.32. The van der Waals surface area contributed by atoms with Crippen LogP contribution in [0.4, 0.5) is 5.82 Å². The maximum Gasteiger partial charge on any atom is 0.123 e. The van der Waals surface area contributed by atoms with Crippen LogP contribution in [0.1, 0.15) is 5.69 Å². The molecule has 0 spiro atoms. The highest BCUT2D eigenvalue weighted by Gasteiger charge is 2.10. The quantitative estimate of drug-likeness (QED) is 0.795. The van der Waals surface area contributed by atoms with E-state index >= 15 is 0 Å². The van der Waals surface area contributed by atoms with Crippen molar-refractivity contribution in [2.24, 2.45) is 0 Å². The first-order valence-electron chi connectivity index (χ1n) is 4.86. The minimum atomic E-state index is 0.619. The smallest absolute Gasteiger partial charge is 0.123 e. The molecule has 1 fully saturated rings. The molecule has 76 valence electrons. The molecule has 0 amide bonds. The molecule has 1 aromatic rings. The molecule has 1 aliphatic heterocycles. The summed E-state index contributed by atoms with van der Waals surface area (Å²) >= 11 is 2.03. The van der Waals surface area contributed by atoms with Gasteiger partial charge in [0, 0.05) is 31.1 Å². The van der Waals surface area contributed by atoms with Crippen molar-refractivity contribution in [3.63, 3.8) is 0 Å². The van der Waals surface area contributed by atoms with E-state index in [1.807, 2.05) is 30.0 Å². The Morgan fingerprint density at radius 1 is 1.36 bits per heavy atom. The molecule has 2 rings (SSSR count). The zero-order valence-electron chi connectivity index (χ0n) is 8.15. The van der Waals surface area contributed by atoms with Gasteiger partial charge in [-0.25, -0.2) is 4.98 Å². The van der Waals surface area contributed by atoms with E-state index in [1.165, 1.54) is 24.6 Å². The number of nitrogens with two attached hydrogens (primary N) is 1. The van der Waals surface area contributed by atoms with Crippen molar-refractivity contribution < 1.29 is 0 Å². The number of thioether (sulfide) groups is 1. The second kappa shape index (κ2) is 4.66. The molecule has 2 N–H and O–H groups in total. The predicted octanol–water partition coefficient (Wildman–Crippen LogP) is 1.21. The fourth-order valence-corrected chi connectivity index (χ4v) is 2.55. The highest BCUT2D eigenvalue weighted by atomic mass is 32.2. The number of nitrogens with zero attached hydrogens (tertiary/aromatic N) is 2. The minimum Gasteiger partial charge on any atom is -0.384 e. The number of anilines is 1. The average molecular weight is 209 g/mol. The molecule has 4 heteroatoms. The molecule has 0 aliphatic carbocycles. The lowest BCUT2D eigenvalue weighted by atomic mass is 10.3. The molecule has 0 radical (unpaired) electrons. The lowest BCUT2D eigenvalue weighted by Crippen LogP contribution is -2.32. The van der Waals surface area contributed by atoms with Crippen LogP contribution in [0.25, 0.3) is 0 Å². The van der Waals surface area contributed by atoms with Crippen molar-refractivity contribution in [3.8, 4) is 0 Å². The van der Waals surface area contributed by atoms with Gasteiger partial charge in [0.2, 0.25) is 0 Å². The Kier molecular flexibility index (Phi) is 3.26. The summed E-state index contributed by atoms with van der Waals surface area (Å²) in [6.45, 7) is 3.27. The first-order valence-corrected chi connectivity index (χ1v) is 6.01. The van der Waals surface area contributed by atoms with E-state index in [0.29, 0.717) is 5.82 Å². The molecule has 1 saturated heterocycles. The Labute approximate surface area is 88.7 Å². The Morgan fingerprint density at radius 3 is 2.86 bits per heavy atom. The van der Waals surface area contributed by atoms with Crippen molar-refractivity contribution in [2.75, 3.05) is 30.3 Å². The van der Waals surface area contributed by atoms with Gasteiger partial charge in [-0.2, -0.15) is 11.8 Å². The summed E-state index contributed by atoms with van der Waals surface area (Å²) < 4.78 is 0. The Bertz CT molecular complexity index is 297. The van der Waals surface area contributed by atoms with Crippen LogP contribution >= 0.6 is 11.8 Å². The number of hydrogen-bond donors (Lipinski definition) is 1. The van der Waals surface area contributed by atoms with Gasteiger partial charge in [0.1, 0.15) is 5.82 Å². The Hall–Kier alpha value is -0.740. The van der Waals surface area contributed by atoms with E-state index in [1.54, 1.807) is 0 Å². The van der Waals surface area contributed by atoms with Crippen LogP contribution in [0.2, 0.25) is 0 Å². The number of aromatic nitrogens is 1. The van der Waals surface area contributed by atoms with Crippen molar-refractivity contribution >= 4 is 17.6 Å². The number of nitrogen functional groups attached to an aromatic ring is 1. The summed E-state index contributed by atoms with van der Waals surface area (Å²) in [7, 11) is 0. The molecule has 1 aliphatic rings. The average Bonchev–Trinajstić information content (AvgIpc) is 2.19. The minimum absolute atomic E-state index is 0.619. The van der Waals surface area contributed by atoms with Gasteiger partial charge in [0.15, 0.2) is 0 Å². The van der Waals surface area contributed by atoms with Gasteiger partial charge < -0.3 is 5.73 Å². The fourth-order valence-electron chi connectivity index (χ4n) is 1.57. The Balaban J connectivity index is 1.95. The topological polar surface area (TPSA) is 42.1 Å². The number of pyridine rings is 1. The molecule has 2 heterocycles. The van der Waals surface area contributed by atoms with Crippen molar-refractivity contribution in [3.05, 3.63) is 23.9 Å². The van der Waals surface area contributed by atoms with E-state index < -0.39 is 0 Å². The maximum absolute atomic E-state index is 5.63. The zero-order valence-corrected chi connectivity index (χ0v) is 8.96. The van der Waals surface area contributed by atoms with Crippen molar-refractivity contribution in [2.45, 2.75) is 6.54 Å². The van der Waals surface area contributed by atoms with Crippen LogP contribution in [0.15, 0.2) is 18.2 Å². The van der Waals surface area contributed by atoms with Gasteiger partial charge in [-0.3, -0.25) is 4.90 Å². The Morgan fingerprint density at radius 2 is 2.14 bits per heavy atom. The largest absolute Gasteiger partial charge is 0.384 e. The number of rotatable bonds is 2.